The van der Waals surface area contributed by atoms with Crippen molar-refractivity contribution in [2.45, 2.75) is 32.3 Å². The van der Waals surface area contributed by atoms with Crippen molar-refractivity contribution < 1.29 is 18.8 Å². The predicted molar refractivity (Wildman–Crippen MR) is 64.5 cm³/mol. The average molecular weight is 278 g/mol. The molecule has 0 fully saturated rings. The highest BCUT2D eigenvalue weighted by Gasteiger charge is 2.29. The number of aliphatic hydroxyl groups is 1. The van der Waals surface area contributed by atoms with E-state index in [1.165, 1.54) is 11.7 Å². The number of halogens is 2. The van der Waals surface area contributed by atoms with Crippen molar-refractivity contribution in [2.75, 3.05) is 11.9 Å². The van der Waals surface area contributed by atoms with E-state index in [4.69, 9.17) is 5.11 Å². The molecule has 108 valence electrons. The third kappa shape index (κ3) is 3.37. The third-order valence-electron chi connectivity index (χ3n) is 2.55. The predicted octanol–water partition coefficient (Wildman–Crippen LogP) is 1.49. The van der Waals surface area contributed by atoms with Gasteiger partial charge in [-0.25, -0.2) is 13.5 Å². The molecule has 1 heterocycles. The van der Waals surface area contributed by atoms with Crippen LogP contribution in [-0.2, 0) is 7.05 Å². The smallest absolute Gasteiger partial charge is 0.334 e. The summed E-state index contributed by atoms with van der Waals surface area (Å²) in [4.78, 5) is 10.4. The Kier molecular flexibility index (Phi) is 4.76. The summed E-state index contributed by atoms with van der Waals surface area (Å²) >= 11 is 0. The Morgan fingerprint density at radius 2 is 2.11 bits per heavy atom. The van der Waals surface area contributed by atoms with Crippen molar-refractivity contribution >= 4 is 11.5 Å². The molecular formula is C10H16F2N4O3. The molecule has 9 heteroatoms. The number of aromatic nitrogens is 2. The summed E-state index contributed by atoms with van der Waals surface area (Å²) in [5.41, 5.74) is 0.0144. The fourth-order valence-electron chi connectivity index (χ4n) is 1.59. The number of nitrogens with zero attached hydrogens (tertiary/aromatic N) is 3. The first-order chi connectivity index (χ1) is 8.75. The van der Waals surface area contributed by atoms with Gasteiger partial charge in [0, 0.05) is 19.5 Å². The Morgan fingerprint density at radius 3 is 2.53 bits per heavy atom. The van der Waals surface area contributed by atoms with Crippen molar-refractivity contribution in [3.63, 3.8) is 0 Å². The number of hydrogen-bond donors (Lipinski definition) is 2. The highest BCUT2D eigenvalue weighted by atomic mass is 19.3. The number of nitrogens with one attached hydrogen (secondary N) is 1. The van der Waals surface area contributed by atoms with E-state index in [1.54, 1.807) is 13.8 Å². The lowest BCUT2D eigenvalue weighted by atomic mass is 10.1. The molecule has 1 rings (SSSR count). The van der Waals surface area contributed by atoms with Crippen molar-refractivity contribution in [1.82, 2.24) is 9.78 Å². The van der Waals surface area contributed by atoms with Crippen molar-refractivity contribution in [2.24, 2.45) is 7.05 Å². The Balaban J connectivity index is 3.03. The van der Waals surface area contributed by atoms with Crippen LogP contribution in [0.1, 0.15) is 25.5 Å². The molecule has 1 aromatic rings. The molecule has 0 radical (unpaired) electrons. The fourth-order valence-corrected chi connectivity index (χ4v) is 1.59. The van der Waals surface area contributed by atoms with Gasteiger partial charge in [0.2, 0.25) is 5.82 Å². The van der Waals surface area contributed by atoms with Crippen LogP contribution in [0.5, 0.6) is 0 Å². The minimum Gasteiger partial charge on any atom is -0.385 e. The maximum atomic E-state index is 12.2. The molecule has 0 aliphatic carbocycles. The van der Waals surface area contributed by atoms with Gasteiger partial charge in [0.25, 0.3) is 6.43 Å². The number of aliphatic hydroxyl groups excluding tert-OH is 1. The van der Waals surface area contributed by atoms with E-state index in [2.05, 4.69) is 10.4 Å². The molecule has 1 atom stereocenters. The molecule has 0 aliphatic heterocycles. The van der Waals surface area contributed by atoms with Crippen LogP contribution in [0.25, 0.3) is 0 Å². The third-order valence-corrected chi connectivity index (χ3v) is 2.55. The summed E-state index contributed by atoms with van der Waals surface area (Å²) in [6.45, 7) is 3.00. The molecule has 2 N–H and O–H groups in total. The second kappa shape index (κ2) is 5.91. The van der Waals surface area contributed by atoms with Gasteiger partial charge < -0.3 is 10.4 Å². The van der Waals surface area contributed by atoms with Gasteiger partial charge in [-0.3, -0.25) is 10.1 Å². The van der Waals surface area contributed by atoms with Crippen LogP contribution in [0, 0.1) is 10.1 Å². The number of alkyl halides is 2. The highest BCUT2D eigenvalue weighted by Crippen LogP contribution is 2.32. The van der Waals surface area contributed by atoms with Gasteiger partial charge in [-0.1, -0.05) is 13.8 Å². The van der Waals surface area contributed by atoms with Gasteiger partial charge in [-0.15, -0.1) is 0 Å². The fraction of sp³-hybridized carbons (Fsp3) is 0.700. The van der Waals surface area contributed by atoms with Gasteiger partial charge in [-0.2, -0.15) is 5.10 Å². The number of aryl methyl sites for hydroxylation is 1. The second-order valence-corrected chi connectivity index (χ2v) is 4.40. The highest BCUT2D eigenvalue weighted by molar-refractivity contribution is 5.60. The van der Waals surface area contributed by atoms with Crippen LogP contribution in [-0.4, -0.2) is 38.9 Å². The summed E-state index contributed by atoms with van der Waals surface area (Å²) < 4.78 is 25.6. The van der Waals surface area contributed by atoms with Crippen molar-refractivity contribution in [1.29, 1.82) is 0 Å². The Labute approximate surface area is 108 Å². The van der Waals surface area contributed by atoms with E-state index in [9.17, 15) is 18.9 Å². The molecule has 19 heavy (non-hydrogen) atoms. The lowest BCUT2D eigenvalue weighted by Gasteiger charge is -2.11. The average Bonchev–Trinajstić information content (AvgIpc) is 2.63. The van der Waals surface area contributed by atoms with E-state index in [0.29, 0.717) is 0 Å². The van der Waals surface area contributed by atoms with Crippen LogP contribution in [0.15, 0.2) is 0 Å². The summed E-state index contributed by atoms with van der Waals surface area (Å²) in [5, 5.41) is 26.5. The molecule has 0 saturated heterocycles. The number of rotatable bonds is 6. The van der Waals surface area contributed by atoms with Gasteiger partial charge in [0.1, 0.15) is 11.8 Å². The van der Waals surface area contributed by atoms with Gasteiger partial charge in [0.15, 0.2) is 0 Å². The largest absolute Gasteiger partial charge is 0.385 e. The molecule has 0 spiro atoms. The monoisotopic (exact) mass is 278 g/mol. The quantitative estimate of drug-likeness (QED) is 0.607. The molecule has 0 saturated carbocycles. The zero-order valence-electron chi connectivity index (χ0n) is 10.8. The zero-order chi connectivity index (χ0) is 14.7. The van der Waals surface area contributed by atoms with Crippen LogP contribution in [0.3, 0.4) is 0 Å². The Hall–Kier alpha value is -1.77. The SMILES string of the molecule is CC(C)c1nn(C)c(NCC(O)C(F)F)c1[N+](=O)[O-]. The van der Waals surface area contributed by atoms with Crippen molar-refractivity contribution in [3.8, 4) is 0 Å². The number of hydrogen-bond acceptors (Lipinski definition) is 5. The summed E-state index contributed by atoms with van der Waals surface area (Å²) in [6.07, 6.45) is -4.80. The standard InChI is InChI=1S/C10H16F2N4O3/c1-5(2)7-8(16(18)19)10(15(3)14-7)13-4-6(17)9(11)12/h5-6,9,13,17H,4H2,1-3H3. The molecule has 1 unspecified atom stereocenters. The summed E-state index contributed by atoms with van der Waals surface area (Å²) in [6, 6.07) is 0. The van der Waals surface area contributed by atoms with Gasteiger partial charge in [-0.05, 0) is 0 Å². The minimum atomic E-state index is -2.91. The molecule has 0 aliphatic rings. The Morgan fingerprint density at radius 1 is 1.53 bits per heavy atom. The maximum absolute atomic E-state index is 12.2. The van der Waals surface area contributed by atoms with E-state index >= 15 is 0 Å². The molecule has 1 aromatic heterocycles. The molecule has 7 nitrogen and oxygen atoms in total. The van der Waals surface area contributed by atoms with Gasteiger partial charge >= 0.3 is 5.69 Å². The zero-order valence-corrected chi connectivity index (χ0v) is 10.8. The molecule has 0 amide bonds. The lowest BCUT2D eigenvalue weighted by molar-refractivity contribution is -0.384. The van der Waals surface area contributed by atoms with E-state index in [1.807, 2.05) is 0 Å². The maximum Gasteiger partial charge on any atom is 0.334 e. The van der Waals surface area contributed by atoms with Crippen LogP contribution < -0.4 is 5.32 Å². The molecule has 0 aromatic carbocycles. The number of nitro groups is 1. The molecule has 0 bridgehead atoms. The van der Waals surface area contributed by atoms with Crippen molar-refractivity contribution in [3.05, 3.63) is 15.8 Å². The topological polar surface area (TPSA) is 93.2 Å². The molecular weight excluding hydrogens is 262 g/mol. The van der Waals surface area contributed by atoms with E-state index < -0.39 is 24.0 Å². The Bertz CT molecular complexity index is 462. The van der Waals surface area contributed by atoms with E-state index in [0.717, 1.165) is 0 Å². The normalized spacial score (nSPS) is 13.1. The number of anilines is 1. The first kappa shape index (κ1) is 15.3. The van der Waals surface area contributed by atoms with Crippen LogP contribution in [0.2, 0.25) is 0 Å². The lowest BCUT2D eigenvalue weighted by Crippen LogP contribution is -2.27. The first-order valence-electron chi connectivity index (χ1n) is 5.67. The van der Waals surface area contributed by atoms with Crippen LogP contribution in [0.4, 0.5) is 20.3 Å². The summed E-state index contributed by atoms with van der Waals surface area (Å²) in [5.74, 6) is -0.171. The van der Waals surface area contributed by atoms with Crippen LogP contribution >= 0.6 is 0 Å². The van der Waals surface area contributed by atoms with Gasteiger partial charge in [0.05, 0.1) is 4.92 Å². The first-order valence-corrected chi connectivity index (χ1v) is 5.67. The second-order valence-electron chi connectivity index (χ2n) is 4.40. The minimum absolute atomic E-state index is 0.00778. The van der Waals surface area contributed by atoms with E-state index in [-0.39, 0.29) is 23.1 Å². The summed E-state index contributed by atoms with van der Waals surface area (Å²) in [7, 11) is 1.47.